The van der Waals surface area contributed by atoms with E-state index in [4.69, 9.17) is 4.74 Å². The van der Waals surface area contributed by atoms with E-state index in [-0.39, 0.29) is 6.10 Å². The van der Waals surface area contributed by atoms with Gasteiger partial charge in [0, 0.05) is 12.6 Å². The van der Waals surface area contributed by atoms with Crippen LogP contribution >= 0.6 is 0 Å². The number of rotatable bonds is 2. The average Bonchev–Trinajstić information content (AvgIpc) is 3.01. The summed E-state index contributed by atoms with van der Waals surface area (Å²) in [5, 5.41) is 13.1. The van der Waals surface area contributed by atoms with E-state index in [9.17, 15) is 5.11 Å². The number of aliphatic hydroxyl groups is 1. The molecular weight excluding hydrogens is 262 g/mol. The van der Waals surface area contributed by atoms with Gasteiger partial charge in [0.25, 0.3) is 0 Å². The summed E-state index contributed by atoms with van der Waals surface area (Å²) in [4.78, 5) is 2.47. The van der Waals surface area contributed by atoms with Gasteiger partial charge >= 0.3 is 0 Å². The molecule has 0 amide bonds. The zero-order chi connectivity index (χ0) is 14.2. The van der Waals surface area contributed by atoms with Gasteiger partial charge in [0.05, 0.1) is 6.61 Å². The van der Waals surface area contributed by atoms with Gasteiger partial charge in [-0.2, -0.15) is 0 Å². The maximum atomic E-state index is 10.8. The maximum absolute atomic E-state index is 10.8. The van der Waals surface area contributed by atoms with Gasteiger partial charge in [0.15, 0.2) is 0 Å². The lowest BCUT2D eigenvalue weighted by Gasteiger charge is -2.37. The first-order valence-electron chi connectivity index (χ1n) is 7.84. The molecule has 2 heterocycles. The molecule has 2 fully saturated rings. The molecule has 2 aliphatic rings. The minimum Gasteiger partial charge on any atom is -0.386 e. The Morgan fingerprint density at radius 1 is 1.14 bits per heavy atom. The van der Waals surface area contributed by atoms with Crippen molar-refractivity contribution in [3.05, 3.63) is 48.0 Å². The van der Waals surface area contributed by atoms with Crippen LogP contribution in [0, 0.1) is 0 Å². The number of fused-ring (bicyclic) bond motifs is 2. The van der Waals surface area contributed by atoms with Gasteiger partial charge in [-0.3, -0.25) is 4.90 Å². The molecule has 2 aliphatic heterocycles. The molecule has 0 aromatic heterocycles. The average molecular weight is 283 g/mol. The van der Waals surface area contributed by atoms with Gasteiger partial charge in [-0.15, -0.1) is 0 Å². The lowest BCUT2D eigenvalue weighted by molar-refractivity contribution is -0.103. The molecule has 3 heteroatoms. The van der Waals surface area contributed by atoms with E-state index < -0.39 is 6.10 Å². The number of hydrogen-bond acceptors (Lipinski definition) is 3. The molecule has 2 aromatic rings. The summed E-state index contributed by atoms with van der Waals surface area (Å²) in [5.74, 6) is 0. The van der Waals surface area contributed by atoms with Crippen LogP contribution in [-0.2, 0) is 4.74 Å². The highest BCUT2D eigenvalue weighted by Gasteiger charge is 2.35. The van der Waals surface area contributed by atoms with Crippen LogP contribution in [0.4, 0.5) is 0 Å². The van der Waals surface area contributed by atoms with Gasteiger partial charge in [0.1, 0.15) is 12.2 Å². The van der Waals surface area contributed by atoms with Crippen molar-refractivity contribution in [2.75, 3.05) is 19.7 Å². The van der Waals surface area contributed by atoms with Crippen LogP contribution in [0.15, 0.2) is 42.5 Å². The molecule has 3 unspecified atom stereocenters. The van der Waals surface area contributed by atoms with Crippen LogP contribution in [0.1, 0.15) is 24.5 Å². The molecule has 0 saturated carbocycles. The first-order valence-corrected chi connectivity index (χ1v) is 7.84. The highest BCUT2D eigenvalue weighted by Crippen LogP contribution is 2.31. The third kappa shape index (κ3) is 2.35. The fourth-order valence-corrected chi connectivity index (χ4v) is 3.74. The molecule has 21 heavy (non-hydrogen) atoms. The van der Waals surface area contributed by atoms with Crippen molar-refractivity contribution in [1.29, 1.82) is 0 Å². The fourth-order valence-electron chi connectivity index (χ4n) is 3.74. The Morgan fingerprint density at radius 3 is 2.95 bits per heavy atom. The van der Waals surface area contributed by atoms with Crippen LogP contribution in [0.2, 0.25) is 0 Å². The summed E-state index contributed by atoms with van der Waals surface area (Å²) >= 11 is 0. The monoisotopic (exact) mass is 283 g/mol. The van der Waals surface area contributed by atoms with Crippen molar-refractivity contribution in [2.45, 2.75) is 31.1 Å². The number of morpholine rings is 1. The molecule has 1 N–H and O–H groups in total. The van der Waals surface area contributed by atoms with Crippen LogP contribution in [0.3, 0.4) is 0 Å². The lowest BCUT2D eigenvalue weighted by Crippen LogP contribution is -2.48. The molecule has 0 aliphatic carbocycles. The summed E-state index contributed by atoms with van der Waals surface area (Å²) in [5.41, 5.74) is 0.982. The molecule has 0 bridgehead atoms. The second kappa shape index (κ2) is 5.41. The minimum absolute atomic E-state index is 0.120. The third-order valence-electron chi connectivity index (χ3n) is 4.91. The van der Waals surface area contributed by atoms with Crippen LogP contribution < -0.4 is 0 Å². The molecule has 3 atom stereocenters. The van der Waals surface area contributed by atoms with E-state index in [1.807, 2.05) is 24.3 Å². The number of hydrogen-bond donors (Lipinski definition) is 1. The quantitative estimate of drug-likeness (QED) is 0.920. The molecule has 0 spiro atoms. The maximum Gasteiger partial charge on any atom is 0.107 e. The Labute approximate surface area is 125 Å². The van der Waals surface area contributed by atoms with E-state index in [1.165, 1.54) is 18.2 Å². The Bertz CT molecular complexity index is 637. The van der Waals surface area contributed by atoms with Crippen molar-refractivity contribution in [3.63, 3.8) is 0 Å². The van der Waals surface area contributed by atoms with E-state index in [0.717, 1.165) is 30.6 Å². The van der Waals surface area contributed by atoms with Crippen LogP contribution in [0.25, 0.3) is 10.8 Å². The highest BCUT2D eigenvalue weighted by atomic mass is 16.5. The van der Waals surface area contributed by atoms with Crippen molar-refractivity contribution in [1.82, 2.24) is 4.90 Å². The largest absolute Gasteiger partial charge is 0.386 e. The van der Waals surface area contributed by atoms with Gasteiger partial charge in [-0.05, 0) is 35.7 Å². The molecule has 2 aromatic carbocycles. The topological polar surface area (TPSA) is 32.7 Å². The van der Waals surface area contributed by atoms with Crippen molar-refractivity contribution in [3.8, 4) is 0 Å². The van der Waals surface area contributed by atoms with E-state index >= 15 is 0 Å². The van der Waals surface area contributed by atoms with Crippen molar-refractivity contribution in [2.24, 2.45) is 0 Å². The summed E-state index contributed by atoms with van der Waals surface area (Å²) in [6, 6.07) is 14.9. The summed E-state index contributed by atoms with van der Waals surface area (Å²) < 4.78 is 5.97. The third-order valence-corrected chi connectivity index (χ3v) is 4.91. The number of aliphatic hydroxyl groups excluding tert-OH is 1. The molecule has 4 rings (SSSR count). The minimum atomic E-state index is -0.558. The predicted octanol–water partition coefficient (Wildman–Crippen LogP) is 2.74. The second-order valence-electron chi connectivity index (χ2n) is 6.18. The van der Waals surface area contributed by atoms with Crippen molar-refractivity contribution < 1.29 is 9.84 Å². The highest BCUT2D eigenvalue weighted by molar-refractivity contribution is 5.86. The van der Waals surface area contributed by atoms with Gasteiger partial charge in [0.2, 0.25) is 0 Å². The second-order valence-corrected chi connectivity index (χ2v) is 6.18. The Kier molecular flexibility index (Phi) is 3.42. The molecule has 110 valence electrons. The molecular formula is C18H21NO2. The molecule has 2 saturated heterocycles. The van der Waals surface area contributed by atoms with E-state index in [2.05, 4.69) is 23.1 Å². The molecule has 0 radical (unpaired) electrons. The molecule has 3 nitrogen and oxygen atoms in total. The lowest BCUT2D eigenvalue weighted by atomic mass is 9.96. The van der Waals surface area contributed by atoms with Gasteiger partial charge < -0.3 is 9.84 Å². The van der Waals surface area contributed by atoms with Crippen molar-refractivity contribution >= 4 is 10.8 Å². The van der Waals surface area contributed by atoms with Gasteiger partial charge in [-0.1, -0.05) is 42.5 Å². The van der Waals surface area contributed by atoms with E-state index in [1.54, 1.807) is 0 Å². The smallest absolute Gasteiger partial charge is 0.107 e. The van der Waals surface area contributed by atoms with Gasteiger partial charge in [-0.25, -0.2) is 0 Å². The number of nitrogens with zero attached hydrogens (tertiary/aromatic N) is 1. The fraction of sp³-hybridized carbons (Fsp3) is 0.444. The summed E-state index contributed by atoms with van der Waals surface area (Å²) in [7, 11) is 0. The number of benzene rings is 2. The zero-order valence-corrected chi connectivity index (χ0v) is 12.1. The normalized spacial score (nSPS) is 27.7. The zero-order valence-electron chi connectivity index (χ0n) is 12.1. The van der Waals surface area contributed by atoms with Crippen LogP contribution in [0.5, 0.6) is 0 Å². The number of ether oxygens (including phenoxy) is 1. The first-order chi connectivity index (χ1) is 10.3. The first kappa shape index (κ1) is 13.3. The Balaban J connectivity index is 1.62. The van der Waals surface area contributed by atoms with Crippen LogP contribution in [-0.4, -0.2) is 41.8 Å². The standard InChI is InChI=1S/C18H21NO2/c20-18(17-11-19-10-4-7-14(19)12-21-17)16-9-3-6-13-5-1-2-8-15(13)16/h1-3,5-6,8-9,14,17-18,20H,4,7,10-12H2. The van der Waals surface area contributed by atoms with E-state index in [0.29, 0.717) is 6.04 Å². The SMILES string of the molecule is OC(c1cccc2ccccc12)C1CN2CCCC2CO1. The summed E-state index contributed by atoms with van der Waals surface area (Å²) in [6.45, 7) is 2.74. The Hall–Kier alpha value is -1.42. The predicted molar refractivity (Wildman–Crippen MR) is 83.2 cm³/mol. The summed E-state index contributed by atoms with van der Waals surface area (Å²) in [6.07, 6.45) is 1.81. The Morgan fingerprint density at radius 2 is 2.00 bits per heavy atom.